The van der Waals surface area contributed by atoms with Crippen molar-refractivity contribution in [1.29, 1.82) is 0 Å². The number of fused-ring (bicyclic) bond motifs is 1. The van der Waals surface area contributed by atoms with Gasteiger partial charge in [0.05, 0.1) is 29.0 Å². The van der Waals surface area contributed by atoms with Crippen LogP contribution >= 0.6 is 24.0 Å². The molecule has 0 atom stereocenters. The molecule has 3 aromatic carbocycles. The van der Waals surface area contributed by atoms with Crippen molar-refractivity contribution in [3.8, 4) is 5.88 Å². The number of aliphatic imine (C=N–C) groups is 2. The molecule has 0 aliphatic rings. The standard InChI is InChI=1S/C26H24FN5O3.HI/c27-18-8-11-20-21(13-18)32-25(35)23(20)24(17-6-1-15(2-7-17)5-12-22(33)34)31-19-9-3-16(4-10-19)14-30-26(28)29;/h1-4,6-11,13,32,35H,5,12,14H2,(H,33,34)(H4,28,29,30);1H. The fourth-order valence-electron chi connectivity index (χ4n) is 3.73. The van der Waals surface area contributed by atoms with Crippen LogP contribution in [0.4, 0.5) is 10.1 Å². The number of nitrogens with zero attached hydrogens (tertiary/aromatic N) is 2. The van der Waals surface area contributed by atoms with Crippen molar-refractivity contribution in [2.75, 3.05) is 0 Å². The van der Waals surface area contributed by atoms with Crippen LogP contribution in [0.2, 0.25) is 0 Å². The van der Waals surface area contributed by atoms with E-state index in [2.05, 4.69) is 9.98 Å². The van der Waals surface area contributed by atoms with Crippen LogP contribution in [0.5, 0.6) is 5.88 Å². The molecule has 4 aromatic rings. The second kappa shape index (κ2) is 11.7. The quantitative estimate of drug-likeness (QED) is 0.114. The maximum Gasteiger partial charge on any atom is 0.303 e. The smallest absolute Gasteiger partial charge is 0.303 e. The highest BCUT2D eigenvalue weighted by Gasteiger charge is 2.19. The molecule has 0 aliphatic carbocycles. The number of benzene rings is 3. The zero-order chi connectivity index (χ0) is 24.9. The number of rotatable bonds is 8. The maximum atomic E-state index is 13.8. The summed E-state index contributed by atoms with van der Waals surface area (Å²) in [5.74, 6) is -1.42. The van der Waals surface area contributed by atoms with Crippen LogP contribution in [0.25, 0.3) is 10.9 Å². The van der Waals surface area contributed by atoms with Crippen LogP contribution in [0.1, 0.15) is 28.7 Å². The molecular formula is C26H25FIN5O3. The number of carbonyl (C=O) groups is 1. The van der Waals surface area contributed by atoms with Crippen molar-refractivity contribution in [1.82, 2.24) is 4.98 Å². The first-order valence-corrected chi connectivity index (χ1v) is 10.8. The molecule has 0 unspecified atom stereocenters. The van der Waals surface area contributed by atoms with Gasteiger partial charge in [-0.3, -0.25) is 4.79 Å². The number of hydrogen-bond acceptors (Lipinski definition) is 4. The third-order valence-electron chi connectivity index (χ3n) is 5.45. The lowest BCUT2D eigenvalue weighted by molar-refractivity contribution is -0.136. The van der Waals surface area contributed by atoms with Gasteiger partial charge in [0.1, 0.15) is 5.82 Å². The van der Waals surface area contributed by atoms with E-state index in [1.54, 1.807) is 6.07 Å². The van der Waals surface area contributed by atoms with E-state index in [1.807, 2.05) is 48.5 Å². The lowest BCUT2D eigenvalue weighted by atomic mass is 9.98. The highest BCUT2D eigenvalue weighted by Crippen LogP contribution is 2.32. The minimum absolute atomic E-state index is 0. The van der Waals surface area contributed by atoms with Gasteiger partial charge in [-0.1, -0.05) is 36.4 Å². The molecule has 36 heavy (non-hydrogen) atoms. The van der Waals surface area contributed by atoms with Gasteiger partial charge in [-0.05, 0) is 47.9 Å². The van der Waals surface area contributed by atoms with Gasteiger partial charge in [0.15, 0.2) is 11.8 Å². The lowest BCUT2D eigenvalue weighted by Crippen LogP contribution is -2.22. The molecule has 0 aliphatic heterocycles. The van der Waals surface area contributed by atoms with Crippen molar-refractivity contribution in [3.63, 3.8) is 0 Å². The number of nitrogens with two attached hydrogens (primary N) is 2. The summed E-state index contributed by atoms with van der Waals surface area (Å²) in [7, 11) is 0. The SMILES string of the molecule is I.NC(N)=NCc1ccc(N=C(c2ccc(CCC(=O)O)cc2)c2c(O)[nH]c3cc(F)ccc23)cc1. The number of H-pyrrole nitrogens is 1. The van der Waals surface area contributed by atoms with Gasteiger partial charge in [-0.2, -0.15) is 0 Å². The number of carboxylic acid groups (broad SMARTS) is 1. The lowest BCUT2D eigenvalue weighted by Gasteiger charge is -2.09. The van der Waals surface area contributed by atoms with Crippen LogP contribution in [0, 0.1) is 5.82 Å². The van der Waals surface area contributed by atoms with E-state index in [0.717, 1.165) is 11.1 Å². The second-order valence-corrected chi connectivity index (χ2v) is 8.00. The first kappa shape index (κ1) is 26.7. The van der Waals surface area contributed by atoms with E-state index in [1.165, 1.54) is 12.1 Å². The minimum atomic E-state index is -0.865. The zero-order valence-electron chi connectivity index (χ0n) is 19.1. The monoisotopic (exact) mass is 601 g/mol. The molecule has 1 heterocycles. The Bertz CT molecular complexity index is 1430. The second-order valence-electron chi connectivity index (χ2n) is 8.00. The zero-order valence-corrected chi connectivity index (χ0v) is 21.4. The average Bonchev–Trinajstić information content (AvgIpc) is 3.15. The van der Waals surface area contributed by atoms with Gasteiger partial charge in [0.25, 0.3) is 0 Å². The Morgan fingerprint density at radius 3 is 2.28 bits per heavy atom. The largest absolute Gasteiger partial charge is 0.494 e. The first-order chi connectivity index (χ1) is 16.8. The molecule has 0 spiro atoms. The number of aromatic hydroxyl groups is 1. The van der Waals surface area contributed by atoms with Gasteiger partial charge < -0.3 is 26.7 Å². The molecule has 7 N–H and O–H groups in total. The third-order valence-corrected chi connectivity index (χ3v) is 5.45. The molecule has 0 saturated carbocycles. The van der Waals surface area contributed by atoms with Gasteiger partial charge >= 0.3 is 5.97 Å². The molecule has 186 valence electrons. The van der Waals surface area contributed by atoms with E-state index >= 15 is 0 Å². The van der Waals surface area contributed by atoms with Gasteiger partial charge in [0, 0.05) is 17.4 Å². The van der Waals surface area contributed by atoms with Crippen LogP contribution in [-0.2, 0) is 17.8 Å². The summed E-state index contributed by atoms with van der Waals surface area (Å²) in [6.45, 7) is 0.339. The number of halogens is 2. The molecule has 1 aromatic heterocycles. The normalized spacial score (nSPS) is 11.2. The van der Waals surface area contributed by atoms with Gasteiger partial charge in [0.2, 0.25) is 0 Å². The summed E-state index contributed by atoms with van der Waals surface area (Å²) in [6.07, 6.45) is 0.429. The van der Waals surface area contributed by atoms with Crippen molar-refractivity contribution < 1.29 is 19.4 Å². The predicted octanol–water partition coefficient (Wildman–Crippen LogP) is 4.59. The van der Waals surface area contributed by atoms with Crippen molar-refractivity contribution >= 4 is 58.2 Å². The average molecular weight is 601 g/mol. The minimum Gasteiger partial charge on any atom is -0.494 e. The number of carboxylic acids is 1. The van der Waals surface area contributed by atoms with Gasteiger partial charge in [-0.15, -0.1) is 24.0 Å². The number of hydrogen-bond donors (Lipinski definition) is 5. The van der Waals surface area contributed by atoms with Crippen LogP contribution in [0.3, 0.4) is 0 Å². The highest BCUT2D eigenvalue weighted by atomic mass is 127. The molecule has 0 bridgehead atoms. The van der Waals surface area contributed by atoms with Crippen molar-refractivity contribution in [2.45, 2.75) is 19.4 Å². The first-order valence-electron chi connectivity index (χ1n) is 10.8. The van der Waals surface area contributed by atoms with E-state index in [0.29, 0.717) is 46.4 Å². The molecule has 0 amide bonds. The maximum absolute atomic E-state index is 13.8. The van der Waals surface area contributed by atoms with Crippen LogP contribution < -0.4 is 11.5 Å². The van der Waals surface area contributed by atoms with Crippen molar-refractivity contribution in [2.24, 2.45) is 21.5 Å². The Balaban J connectivity index is 0.00000361. The molecule has 0 radical (unpaired) electrons. The summed E-state index contributed by atoms with van der Waals surface area (Å²) in [5, 5.41) is 20.3. The van der Waals surface area contributed by atoms with E-state index in [4.69, 9.17) is 21.6 Å². The van der Waals surface area contributed by atoms with Crippen LogP contribution in [0.15, 0.2) is 76.7 Å². The van der Waals surface area contributed by atoms with Crippen LogP contribution in [-0.4, -0.2) is 32.8 Å². The van der Waals surface area contributed by atoms with Gasteiger partial charge in [-0.25, -0.2) is 14.4 Å². The molecule has 4 rings (SSSR count). The Morgan fingerprint density at radius 2 is 1.64 bits per heavy atom. The Hall–Kier alpha value is -3.93. The molecule has 0 saturated heterocycles. The summed E-state index contributed by atoms with van der Waals surface area (Å²) < 4.78 is 13.8. The number of aromatic amines is 1. The molecule has 0 fully saturated rings. The molecule has 10 heteroatoms. The summed E-state index contributed by atoms with van der Waals surface area (Å²) in [4.78, 5) is 22.5. The highest BCUT2D eigenvalue weighted by molar-refractivity contribution is 14.0. The third kappa shape index (κ3) is 6.39. The fraction of sp³-hybridized carbons (Fsp3) is 0.115. The van der Waals surface area contributed by atoms with Crippen molar-refractivity contribution in [3.05, 3.63) is 94.8 Å². The summed E-state index contributed by atoms with van der Waals surface area (Å²) in [6, 6.07) is 18.9. The number of aliphatic carboxylic acids is 1. The van der Waals surface area contributed by atoms with E-state index in [-0.39, 0.29) is 42.2 Å². The number of aromatic nitrogens is 1. The number of aryl methyl sites for hydroxylation is 1. The summed E-state index contributed by atoms with van der Waals surface area (Å²) >= 11 is 0. The Kier molecular flexibility index (Phi) is 8.64. The molecular weight excluding hydrogens is 576 g/mol. The summed E-state index contributed by atoms with van der Waals surface area (Å²) in [5.41, 5.74) is 15.2. The van der Waals surface area contributed by atoms with E-state index in [9.17, 15) is 14.3 Å². The molecule has 8 nitrogen and oxygen atoms in total. The topological polar surface area (TPSA) is 150 Å². The fourth-order valence-corrected chi connectivity index (χ4v) is 3.73. The predicted molar refractivity (Wildman–Crippen MR) is 149 cm³/mol. The van der Waals surface area contributed by atoms with E-state index < -0.39 is 11.8 Å². The Morgan fingerprint density at radius 1 is 0.972 bits per heavy atom. The number of guanidine groups is 1. The Labute approximate surface area is 223 Å². The number of nitrogens with one attached hydrogen (secondary N) is 1.